The van der Waals surface area contributed by atoms with Crippen LogP contribution in [0.5, 0.6) is 5.75 Å². The van der Waals surface area contributed by atoms with Gasteiger partial charge in [0.25, 0.3) is 0 Å². The van der Waals surface area contributed by atoms with Crippen molar-refractivity contribution in [1.29, 1.82) is 0 Å². The Bertz CT molecular complexity index is 535. The van der Waals surface area contributed by atoms with Crippen LogP contribution in [0.3, 0.4) is 0 Å². The van der Waals surface area contributed by atoms with Crippen LogP contribution in [0.25, 0.3) is 11.1 Å². The molecule has 0 heterocycles. The smallest absolute Gasteiger partial charge is 0.153 e. The zero-order chi connectivity index (χ0) is 11.5. The second-order valence-corrected chi connectivity index (χ2v) is 3.78. The van der Waals surface area contributed by atoms with Crippen LogP contribution >= 0.6 is 11.6 Å². The maximum atomic E-state index is 10.7. The molecule has 3 heteroatoms. The molecule has 2 nitrogen and oxygen atoms in total. The molecule has 0 aliphatic carbocycles. The number of phenolic OH excluding ortho intramolecular Hbond substituents is 1. The Kier molecular flexibility index (Phi) is 2.93. The number of carbonyl (C=O) groups is 1. The van der Waals surface area contributed by atoms with Gasteiger partial charge >= 0.3 is 0 Å². The summed E-state index contributed by atoms with van der Waals surface area (Å²) in [5.41, 5.74) is 1.91. The van der Waals surface area contributed by atoms with Crippen molar-refractivity contribution in [1.82, 2.24) is 0 Å². The van der Waals surface area contributed by atoms with Crippen LogP contribution in [0.2, 0.25) is 5.02 Å². The maximum Gasteiger partial charge on any atom is 0.153 e. The van der Waals surface area contributed by atoms with Crippen molar-refractivity contribution in [2.24, 2.45) is 0 Å². The largest absolute Gasteiger partial charge is 0.507 e. The number of rotatable bonds is 2. The number of carbonyl (C=O) groups excluding carboxylic acids is 1. The molecular weight excluding hydrogens is 224 g/mol. The number of hydrogen-bond donors (Lipinski definition) is 1. The highest BCUT2D eigenvalue weighted by molar-refractivity contribution is 6.33. The van der Waals surface area contributed by atoms with E-state index in [0.717, 1.165) is 11.1 Å². The van der Waals surface area contributed by atoms with E-state index in [1.807, 2.05) is 18.2 Å². The molecule has 80 valence electrons. The first kappa shape index (κ1) is 10.7. The fourth-order valence-electron chi connectivity index (χ4n) is 1.51. The molecule has 0 amide bonds. The lowest BCUT2D eigenvalue weighted by atomic mass is 10.0. The Morgan fingerprint density at radius 3 is 2.56 bits per heavy atom. The lowest BCUT2D eigenvalue weighted by Gasteiger charge is -2.05. The number of aromatic hydroxyl groups is 1. The number of phenols is 1. The highest BCUT2D eigenvalue weighted by atomic mass is 35.5. The molecule has 0 saturated carbocycles. The van der Waals surface area contributed by atoms with Crippen LogP contribution in [0.4, 0.5) is 0 Å². The standard InChI is InChI=1S/C13H9ClO2/c14-12-4-2-1-3-11(12)9-5-6-13(16)10(7-9)8-15/h1-8,16H. The quantitative estimate of drug-likeness (QED) is 0.805. The van der Waals surface area contributed by atoms with E-state index >= 15 is 0 Å². The average molecular weight is 233 g/mol. The second kappa shape index (κ2) is 4.37. The van der Waals surface area contributed by atoms with Gasteiger partial charge in [-0.1, -0.05) is 35.9 Å². The third-order valence-corrected chi connectivity index (χ3v) is 2.67. The van der Waals surface area contributed by atoms with E-state index in [4.69, 9.17) is 11.6 Å². The van der Waals surface area contributed by atoms with Crippen molar-refractivity contribution >= 4 is 17.9 Å². The lowest BCUT2D eigenvalue weighted by molar-refractivity contribution is 0.112. The summed E-state index contributed by atoms with van der Waals surface area (Å²) in [4.78, 5) is 10.7. The highest BCUT2D eigenvalue weighted by Crippen LogP contribution is 2.30. The number of halogens is 1. The summed E-state index contributed by atoms with van der Waals surface area (Å²) in [7, 11) is 0. The minimum absolute atomic E-state index is 0.0224. The molecule has 0 aromatic heterocycles. The van der Waals surface area contributed by atoms with Gasteiger partial charge in [-0.2, -0.15) is 0 Å². The summed E-state index contributed by atoms with van der Waals surface area (Å²) in [6, 6.07) is 12.2. The third-order valence-electron chi connectivity index (χ3n) is 2.34. The van der Waals surface area contributed by atoms with E-state index in [1.165, 1.54) is 6.07 Å². The molecule has 0 saturated heterocycles. The van der Waals surface area contributed by atoms with Crippen molar-refractivity contribution in [3.8, 4) is 16.9 Å². The van der Waals surface area contributed by atoms with E-state index in [2.05, 4.69) is 0 Å². The first-order valence-corrected chi connectivity index (χ1v) is 5.13. The van der Waals surface area contributed by atoms with Crippen molar-refractivity contribution in [3.05, 3.63) is 53.1 Å². The molecule has 2 aromatic carbocycles. The molecule has 0 atom stereocenters. The maximum absolute atomic E-state index is 10.7. The Balaban J connectivity index is 2.57. The van der Waals surface area contributed by atoms with Gasteiger partial charge in [-0.05, 0) is 23.8 Å². The van der Waals surface area contributed by atoms with Gasteiger partial charge in [0.05, 0.1) is 5.56 Å². The fourth-order valence-corrected chi connectivity index (χ4v) is 1.76. The number of aldehydes is 1. The van der Waals surface area contributed by atoms with Gasteiger partial charge in [-0.15, -0.1) is 0 Å². The van der Waals surface area contributed by atoms with Crippen LogP contribution in [0.1, 0.15) is 10.4 Å². The summed E-state index contributed by atoms with van der Waals surface area (Å²) < 4.78 is 0. The predicted octanol–water partition coefficient (Wildman–Crippen LogP) is 3.53. The lowest BCUT2D eigenvalue weighted by Crippen LogP contribution is -1.84. The molecule has 2 rings (SSSR count). The van der Waals surface area contributed by atoms with Crippen LogP contribution in [0.15, 0.2) is 42.5 Å². The minimum Gasteiger partial charge on any atom is -0.507 e. The van der Waals surface area contributed by atoms with Gasteiger partial charge in [0, 0.05) is 10.6 Å². The molecule has 1 N–H and O–H groups in total. The van der Waals surface area contributed by atoms with Crippen LogP contribution in [-0.2, 0) is 0 Å². The van der Waals surface area contributed by atoms with Crippen molar-refractivity contribution in [2.75, 3.05) is 0 Å². The van der Waals surface area contributed by atoms with E-state index in [0.29, 0.717) is 11.3 Å². The van der Waals surface area contributed by atoms with Crippen molar-refractivity contribution in [2.45, 2.75) is 0 Å². The topological polar surface area (TPSA) is 37.3 Å². The molecule has 2 aromatic rings. The van der Waals surface area contributed by atoms with Gasteiger partial charge in [0.1, 0.15) is 5.75 Å². The first-order chi connectivity index (χ1) is 7.72. The van der Waals surface area contributed by atoms with Gasteiger partial charge < -0.3 is 5.11 Å². The van der Waals surface area contributed by atoms with E-state index in [9.17, 15) is 9.90 Å². The average Bonchev–Trinajstić information content (AvgIpc) is 2.31. The van der Waals surface area contributed by atoms with Crippen LogP contribution < -0.4 is 0 Å². The summed E-state index contributed by atoms with van der Waals surface area (Å²) in [6.45, 7) is 0. The Morgan fingerprint density at radius 2 is 1.88 bits per heavy atom. The van der Waals surface area contributed by atoms with Gasteiger partial charge in [-0.3, -0.25) is 4.79 Å². The van der Waals surface area contributed by atoms with Crippen LogP contribution in [0, 0.1) is 0 Å². The molecule has 0 unspecified atom stereocenters. The minimum atomic E-state index is -0.0224. The van der Waals surface area contributed by atoms with Gasteiger partial charge in [0.2, 0.25) is 0 Å². The zero-order valence-corrected chi connectivity index (χ0v) is 9.11. The normalized spacial score (nSPS) is 10.1. The summed E-state index contributed by atoms with van der Waals surface area (Å²) >= 11 is 6.04. The summed E-state index contributed by atoms with van der Waals surface area (Å²) in [5.74, 6) is -0.0224. The monoisotopic (exact) mass is 232 g/mol. The fraction of sp³-hybridized carbons (Fsp3) is 0. The SMILES string of the molecule is O=Cc1cc(-c2ccccc2Cl)ccc1O. The van der Waals surface area contributed by atoms with Gasteiger partial charge in [-0.25, -0.2) is 0 Å². The molecule has 0 spiro atoms. The summed E-state index contributed by atoms with van der Waals surface area (Å²) in [5, 5.41) is 10.0. The third kappa shape index (κ3) is 1.92. The Labute approximate surface area is 98.1 Å². The molecule has 0 radical (unpaired) electrons. The van der Waals surface area contributed by atoms with Crippen molar-refractivity contribution < 1.29 is 9.90 Å². The molecule has 0 aliphatic rings. The van der Waals surface area contributed by atoms with E-state index < -0.39 is 0 Å². The molecule has 16 heavy (non-hydrogen) atoms. The summed E-state index contributed by atoms with van der Waals surface area (Å²) in [6.07, 6.45) is 0.621. The van der Waals surface area contributed by atoms with E-state index in [1.54, 1.807) is 18.2 Å². The van der Waals surface area contributed by atoms with Crippen molar-refractivity contribution in [3.63, 3.8) is 0 Å². The molecule has 0 bridgehead atoms. The zero-order valence-electron chi connectivity index (χ0n) is 8.35. The molecule has 0 fully saturated rings. The number of hydrogen-bond acceptors (Lipinski definition) is 2. The predicted molar refractivity (Wildman–Crippen MR) is 63.9 cm³/mol. The van der Waals surface area contributed by atoms with Crippen LogP contribution in [-0.4, -0.2) is 11.4 Å². The number of benzene rings is 2. The van der Waals surface area contributed by atoms with Gasteiger partial charge in [0.15, 0.2) is 6.29 Å². The highest BCUT2D eigenvalue weighted by Gasteiger charge is 2.06. The van der Waals surface area contributed by atoms with E-state index in [-0.39, 0.29) is 11.3 Å². The molecular formula is C13H9ClO2. The Morgan fingerprint density at radius 1 is 1.12 bits per heavy atom. The first-order valence-electron chi connectivity index (χ1n) is 4.75. The Hall–Kier alpha value is -1.80. The second-order valence-electron chi connectivity index (χ2n) is 3.37. The molecule has 0 aliphatic heterocycles.